The third kappa shape index (κ3) is 6.91. The molecule has 0 radical (unpaired) electrons. The maximum absolute atomic E-state index is 13.3. The van der Waals surface area contributed by atoms with Gasteiger partial charge in [0, 0.05) is 6.26 Å². The van der Waals surface area contributed by atoms with Crippen molar-refractivity contribution < 1.29 is 28.0 Å². The molecule has 0 saturated heterocycles. The quantitative estimate of drug-likeness (QED) is 0.161. The largest absolute Gasteiger partial charge is 0.492 e. The van der Waals surface area contributed by atoms with Gasteiger partial charge in [-0.1, -0.05) is 45.9 Å². The Balaban J connectivity index is 3.72. The molecule has 1 rings (SSSR count). The van der Waals surface area contributed by atoms with E-state index in [1.807, 2.05) is 33.1 Å². The number of hydroxylamine groups is 1. The number of rotatable bonds is 12. The molecule has 0 fully saturated rings. The first kappa shape index (κ1) is 26.9. The molecule has 31 heavy (non-hydrogen) atoms. The van der Waals surface area contributed by atoms with Crippen LogP contribution < -0.4 is 21.5 Å². The molecular weight excluding hydrogens is 422 g/mol. The van der Waals surface area contributed by atoms with Crippen molar-refractivity contribution in [2.45, 2.75) is 45.3 Å². The van der Waals surface area contributed by atoms with Crippen molar-refractivity contribution in [2.24, 2.45) is 29.5 Å². The van der Waals surface area contributed by atoms with Gasteiger partial charge in [0.15, 0.2) is 9.84 Å². The third-order valence-corrected chi connectivity index (χ3v) is 7.30. The highest BCUT2D eigenvalue weighted by Crippen LogP contribution is 2.41. The molecule has 0 aliphatic heterocycles. The second-order valence-corrected chi connectivity index (χ2v) is 11.1. The number of hydrogen-bond donors (Lipinski definition) is 4. The van der Waals surface area contributed by atoms with Gasteiger partial charge in [-0.05, 0) is 36.8 Å². The average Bonchev–Trinajstić information content (AvgIpc) is 2.69. The van der Waals surface area contributed by atoms with Gasteiger partial charge in [-0.3, -0.25) is 20.2 Å². The van der Waals surface area contributed by atoms with Crippen molar-refractivity contribution in [2.75, 3.05) is 12.9 Å². The van der Waals surface area contributed by atoms with E-state index in [4.69, 9.17) is 10.6 Å². The molecule has 1 aromatic rings. The Hall–Kier alpha value is -2.17. The minimum Gasteiger partial charge on any atom is -0.492 e. The van der Waals surface area contributed by atoms with E-state index < -0.39 is 38.2 Å². The van der Waals surface area contributed by atoms with Gasteiger partial charge >= 0.3 is 0 Å². The van der Waals surface area contributed by atoms with Gasteiger partial charge in [-0.2, -0.15) is 0 Å². The molecule has 0 heterocycles. The lowest BCUT2D eigenvalue weighted by atomic mass is 9.73. The Bertz CT molecular complexity index is 829. The lowest BCUT2D eigenvalue weighted by Crippen LogP contribution is -2.60. The van der Waals surface area contributed by atoms with Gasteiger partial charge in [-0.15, -0.1) is 0 Å². The number of nitrogens with two attached hydrogens (primary N) is 1. The SMILES string of the molecule is CC(C)C[C@@H](C(=O)NN)[C@@H](C(=O)NO)C(COc1ccccc1)(CC(C)C)S(C)(=O)=O. The van der Waals surface area contributed by atoms with Gasteiger partial charge in [0.05, 0.1) is 11.8 Å². The smallest absolute Gasteiger partial charge is 0.248 e. The van der Waals surface area contributed by atoms with Crippen molar-refractivity contribution in [3.8, 4) is 5.75 Å². The lowest BCUT2D eigenvalue weighted by Gasteiger charge is -2.42. The molecule has 2 amide bonds. The summed E-state index contributed by atoms with van der Waals surface area (Å²) in [5.74, 6) is 1.37. The molecule has 0 aliphatic rings. The molecule has 9 nitrogen and oxygen atoms in total. The van der Waals surface area contributed by atoms with Crippen molar-refractivity contribution in [3.63, 3.8) is 0 Å². The van der Waals surface area contributed by atoms with E-state index >= 15 is 0 Å². The summed E-state index contributed by atoms with van der Waals surface area (Å²) in [7, 11) is -3.99. The zero-order valence-corrected chi connectivity index (χ0v) is 19.6. The fraction of sp³-hybridized carbons (Fsp3) is 0.619. The summed E-state index contributed by atoms with van der Waals surface area (Å²) < 4.78 is 30.6. The minimum absolute atomic E-state index is 0.0310. The van der Waals surface area contributed by atoms with E-state index in [0.717, 1.165) is 6.26 Å². The average molecular weight is 458 g/mol. The summed E-state index contributed by atoms with van der Waals surface area (Å²) in [4.78, 5) is 25.6. The molecule has 1 unspecified atom stereocenters. The van der Waals surface area contributed by atoms with Gasteiger partial charge in [0.25, 0.3) is 0 Å². The first-order valence-electron chi connectivity index (χ1n) is 10.2. The molecule has 0 bridgehead atoms. The fourth-order valence-electron chi connectivity index (χ4n) is 4.05. The molecule has 5 N–H and O–H groups in total. The van der Waals surface area contributed by atoms with Crippen LogP contribution in [0.3, 0.4) is 0 Å². The number of ether oxygens (including phenoxy) is 1. The van der Waals surface area contributed by atoms with Crippen LogP contribution in [0.25, 0.3) is 0 Å². The third-order valence-electron chi connectivity index (χ3n) is 5.28. The second-order valence-electron chi connectivity index (χ2n) is 8.73. The highest BCUT2D eigenvalue weighted by atomic mass is 32.2. The van der Waals surface area contributed by atoms with E-state index in [-0.39, 0.29) is 31.3 Å². The van der Waals surface area contributed by atoms with Gasteiger partial charge in [-0.25, -0.2) is 19.7 Å². The number of carbonyl (C=O) groups is 2. The number of benzene rings is 1. The number of hydrogen-bond acceptors (Lipinski definition) is 7. The fourth-order valence-corrected chi connectivity index (χ4v) is 5.69. The lowest BCUT2D eigenvalue weighted by molar-refractivity contribution is -0.143. The summed E-state index contributed by atoms with van der Waals surface area (Å²) in [5.41, 5.74) is 3.61. The van der Waals surface area contributed by atoms with Crippen molar-refractivity contribution in [1.29, 1.82) is 0 Å². The zero-order valence-electron chi connectivity index (χ0n) is 18.8. The van der Waals surface area contributed by atoms with Crippen molar-refractivity contribution >= 4 is 21.7 Å². The van der Waals surface area contributed by atoms with Crippen LogP contribution in [0, 0.1) is 23.7 Å². The molecule has 1 aromatic carbocycles. The predicted molar refractivity (Wildman–Crippen MR) is 118 cm³/mol. The number of carbonyl (C=O) groups excluding carboxylic acids is 2. The Morgan fingerprint density at radius 2 is 1.68 bits per heavy atom. The maximum Gasteiger partial charge on any atom is 0.248 e. The maximum atomic E-state index is 13.3. The van der Waals surface area contributed by atoms with Gasteiger partial charge < -0.3 is 4.74 Å². The molecule has 3 atom stereocenters. The van der Waals surface area contributed by atoms with E-state index in [0.29, 0.717) is 5.75 Å². The van der Waals surface area contributed by atoms with Crippen LogP contribution in [-0.4, -0.2) is 43.0 Å². The first-order chi connectivity index (χ1) is 14.4. The zero-order chi connectivity index (χ0) is 23.8. The normalized spacial score (nSPS) is 15.8. The Morgan fingerprint density at radius 1 is 1.10 bits per heavy atom. The molecule has 10 heteroatoms. The number of sulfone groups is 1. The number of nitrogens with one attached hydrogen (secondary N) is 2. The van der Waals surface area contributed by atoms with Crippen LogP contribution in [0.4, 0.5) is 0 Å². The topological polar surface area (TPSA) is 148 Å². The molecule has 176 valence electrons. The molecular formula is C21H35N3O6S. The van der Waals surface area contributed by atoms with E-state index in [2.05, 4.69) is 0 Å². The summed E-state index contributed by atoms with van der Waals surface area (Å²) in [6.07, 6.45) is 1.24. The van der Waals surface area contributed by atoms with Crippen LogP contribution in [-0.2, 0) is 19.4 Å². The van der Waals surface area contributed by atoms with E-state index in [9.17, 15) is 23.2 Å². The van der Waals surface area contributed by atoms with Crippen LogP contribution in [0.15, 0.2) is 30.3 Å². The Labute approximate surface area is 184 Å². The van der Waals surface area contributed by atoms with Crippen LogP contribution >= 0.6 is 0 Å². The molecule has 0 aliphatic carbocycles. The summed E-state index contributed by atoms with van der Waals surface area (Å²) in [6, 6.07) is 8.60. The summed E-state index contributed by atoms with van der Waals surface area (Å²) in [5, 5.41) is 9.49. The monoisotopic (exact) mass is 457 g/mol. The van der Waals surface area contributed by atoms with E-state index in [1.54, 1.807) is 35.8 Å². The van der Waals surface area contributed by atoms with Gasteiger partial charge in [0.2, 0.25) is 11.8 Å². The molecule has 0 saturated carbocycles. The number of hydrazine groups is 1. The van der Waals surface area contributed by atoms with Crippen LogP contribution in [0.5, 0.6) is 5.75 Å². The van der Waals surface area contributed by atoms with Crippen molar-refractivity contribution in [3.05, 3.63) is 30.3 Å². The van der Waals surface area contributed by atoms with Gasteiger partial charge in [0.1, 0.15) is 17.1 Å². The highest BCUT2D eigenvalue weighted by molar-refractivity contribution is 7.92. The predicted octanol–water partition coefficient (Wildman–Crippen LogP) is 1.67. The second kappa shape index (κ2) is 11.4. The Kier molecular flexibility index (Phi) is 9.92. The number of para-hydroxylation sites is 1. The standard InChI is InChI=1S/C21H35N3O6S/c1-14(2)11-17(19(25)23-22)18(20(26)24-27)21(12-15(3)4,31(5,28)29)13-30-16-9-7-6-8-10-16/h6-10,14-15,17-18,27H,11-13,22H2,1-5H3,(H,23,25)(H,24,26)/t17-,18+,21?/m1/s1. The van der Waals surface area contributed by atoms with Crippen molar-refractivity contribution in [1.82, 2.24) is 10.9 Å². The summed E-state index contributed by atoms with van der Waals surface area (Å²) >= 11 is 0. The van der Waals surface area contributed by atoms with Crippen LogP contribution in [0.1, 0.15) is 40.5 Å². The molecule has 0 aromatic heterocycles. The highest BCUT2D eigenvalue weighted by Gasteiger charge is 2.56. The minimum atomic E-state index is -3.99. The van der Waals surface area contributed by atoms with E-state index in [1.165, 1.54) is 0 Å². The first-order valence-corrected chi connectivity index (χ1v) is 12.1. The van der Waals surface area contributed by atoms with Crippen LogP contribution in [0.2, 0.25) is 0 Å². The number of amides is 2. The summed E-state index contributed by atoms with van der Waals surface area (Å²) in [6.45, 7) is 6.94. The Morgan fingerprint density at radius 3 is 2.10 bits per heavy atom. The molecule has 0 spiro atoms.